The van der Waals surface area contributed by atoms with E-state index in [4.69, 9.17) is 5.73 Å². The first-order chi connectivity index (χ1) is 25.8. The smallest absolute Gasteiger partial charge is 0.269 e. The fourth-order valence-electron chi connectivity index (χ4n) is 5.39. The number of benzene rings is 3. The molecule has 0 atom stereocenters. The predicted molar refractivity (Wildman–Crippen MR) is 255 cm³/mol. The number of nitrogen functional groups attached to an aromatic ring is 1. The summed E-state index contributed by atoms with van der Waals surface area (Å²) in [6.07, 6.45) is 0. The molecule has 0 saturated carbocycles. The third kappa shape index (κ3) is 28.4. The molecule has 0 aliphatic carbocycles. The maximum Gasteiger partial charge on any atom is 0.269 e. The Bertz CT molecular complexity index is 1400. The Balaban J connectivity index is -0.000000342. The Kier molecular flexibility index (Phi) is 42.0. The second kappa shape index (κ2) is 39.4. The predicted octanol–water partition coefficient (Wildman–Crippen LogP) is 3.90. The van der Waals surface area contributed by atoms with Crippen LogP contribution in [0.25, 0.3) is 0 Å². The van der Waals surface area contributed by atoms with Crippen molar-refractivity contribution >= 4 is 103 Å². The maximum absolute atomic E-state index is 12.1. The second-order valence-electron chi connectivity index (χ2n) is 12.3. The van der Waals surface area contributed by atoms with E-state index in [1.807, 2.05) is 24.3 Å². The van der Waals surface area contributed by atoms with Crippen LogP contribution in [0, 0.1) is 26.0 Å². The zero-order valence-electron chi connectivity index (χ0n) is 33.0. The fourth-order valence-corrected chi connectivity index (χ4v) is 5.39. The first-order valence-electron chi connectivity index (χ1n) is 18.3. The van der Waals surface area contributed by atoms with Gasteiger partial charge in [-0.3, -0.25) is 20.2 Å². The number of nitro groups is 2. The van der Waals surface area contributed by atoms with Gasteiger partial charge in [0, 0.05) is 159 Å². The average molecular weight is 960 g/mol. The average Bonchev–Trinajstić information content (AvgIpc) is 3.49. The van der Waals surface area contributed by atoms with Crippen molar-refractivity contribution in [1.29, 1.82) is 0 Å². The second-order valence-corrected chi connectivity index (χ2v) is 12.3. The molecule has 3 saturated heterocycles. The molecule has 0 aromatic heterocycles. The number of non-ortho nitro benzene ring substituents is 2. The minimum atomic E-state index is -0.570. The van der Waals surface area contributed by atoms with Gasteiger partial charge in [0.2, 0.25) is 0 Å². The number of anilines is 3. The Morgan fingerprint density at radius 1 is 0.424 bits per heavy atom. The van der Waals surface area contributed by atoms with Crippen LogP contribution in [0.4, 0.5) is 32.8 Å². The first-order valence-corrected chi connectivity index (χ1v) is 18.3. The molecule has 23 heteroatoms. The van der Waals surface area contributed by atoms with Crippen LogP contribution >= 0.6 is 74.4 Å². The van der Waals surface area contributed by atoms with Gasteiger partial charge >= 0.3 is 0 Å². The van der Waals surface area contributed by atoms with E-state index in [1.54, 1.807) is 12.1 Å². The lowest BCUT2D eigenvalue weighted by atomic mass is 10.2. The summed E-state index contributed by atoms with van der Waals surface area (Å²) in [5, 5.41) is 44.0. The lowest BCUT2D eigenvalue weighted by Gasteiger charge is -2.24. The highest BCUT2D eigenvalue weighted by Gasteiger charge is 2.11. The lowest BCUT2D eigenvalue weighted by Crippen LogP contribution is -2.33. The highest BCUT2D eigenvalue weighted by Crippen LogP contribution is 2.19. The Labute approximate surface area is 384 Å². The van der Waals surface area contributed by atoms with Crippen LogP contribution in [0.1, 0.15) is 0 Å². The summed E-state index contributed by atoms with van der Waals surface area (Å²) in [5.41, 5.74) is 8.84. The number of nitrogens with one attached hydrogen (secondary N) is 7. The summed E-state index contributed by atoms with van der Waals surface area (Å²) in [6.45, 7) is 18.5. The summed E-state index contributed by atoms with van der Waals surface area (Å²) in [5.74, 6) is -0.467. The molecule has 0 radical (unpaired) electrons. The minimum absolute atomic E-state index is 0. The third-order valence-electron chi connectivity index (χ3n) is 8.35. The zero-order chi connectivity index (χ0) is 37.9. The van der Waals surface area contributed by atoms with Gasteiger partial charge < -0.3 is 52.8 Å². The third-order valence-corrected chi connectivity index (χ3v) is 8.35. The Hall–Kier alpha value is -2.75. The summed E-state index contributed by atoms with van der Waals surface area (Å²) < 4.78 is 12.1. The summed E-state index contributed by atoms with van der Waals surface area (Å²) in [7, 11) is 0. The zero-order valence-corrected chi connectivity index (χ0v) is 37.9. The van der Waals surface area contributed by atoms with Gasteiger partial charge in [0.15, 0.2) is 0 Å². The summed E-state index contributed by atoms with van der Waals surface area (Å²) in [6, 6.07) is 19.2. The normalized spacial score (nSPS) is 15.7. The number of halogens is 7. The number of nitrogens with two attached hydrogens (primary N) is 1. The molecular formula is C36H63Cl6FN12O4. The van der Waals surface area contributed by atoms with E-state index in [-0.39, 0.29) is 90.7 Å². The molecule has 3 fully saturated rings. The number of hydrogen-bond acceptors (Lipinski definition) is 14. The molecule has 0 unspecified atom stereocenters. The van der Waals surface area contributed by atoms with Crippen LogP contribution in [-0.4, -0.2) is 128 Å². The number of rotatable bonds is 4. The van der Waals surface area contributed by atoms with Gasteiger partial charge in [-0.25, -0.2) is 4.39 Å². The maximum atomic E-state index is 12.1. The quantitative estimate of drug-likeness (QED) is 0.106. The lowest BCUT2D eigenvalue weighted by molar-refractivity contribution is -0.385. The van der Waals surface area contributed by atoms with Gasteiger partial charge in [0.1, 0.15) is 5.82 Å². The van der Waals surface area contributed by atoms with Crippen molar-refractivity contribution in [2.24, 2.45) is 0 Å². The van der Waals surface area contributed by atoms with Crippen molar-refractivity contribution in [3.8, 4) is 0 Å². The SMILES string of the molecule is C1CNCCNCCN1.Cl.Cl.Cl.Cl.Cl.Cl.Nc1ccc(N2CCNCCNCC2)cc1.O=[N+]([O-])c1ccc(F)cc1.O=[N+]([O-])c1ccc(N2CCNCCNCC2)cc1. The highest BCUT2D eigenvalue weighted by atomic mass is 35.5. The number of nitro benzene ring substituents is 2. The molecule has 59 heavy (non-hydrogen) atoms. The van der Waals surface area contributed by atoms with Gasteiger partial charge in [0.05, 0.1) is 9.85 Å². The van der Waals surface area contributed by atoms with E-state index < -0.39 is 10.7 Å². The van der Waals surface area contributed by atoms with Crippen LogP contribution in [0.2, 0.25) is 0 Å². The van der Waals surface area contributed by atoms with Crippen molar-refractivity contribution < 1.29 is 14.2 Å². The van der Waals surface area contributed by atoms with Crippen molar-refractivity contribution in [3.63, 3.8) is 0 Å². The van der Waals surface area contributed by atoms with Crippen molar-refractivity contribution in [1.82, 2.24) is 37.2 Å². The van der Waals surface area contributed by atoms with Crippen molar-refractivity contribution in [2.75, 3.05) is 133 Å². The molecule has 0 bridgehead atoms. The molecule has 340 valence electrons. The van der Waals surface area contributed by atoms with Crippen LogP contribution in [-0.2, 0) is 0 Å². The Morgan fingerprint density at radius 3 is 0.932 bits per heavy atom. The van der Waals surface area contributed by atoms with Crippen LogP contribution in [0.3, 0.4) is 0 Å². The molecule has 6 rings (SSSR count). The monoisotopic (exact) mass is 956 g/mol. The van der Waals surface area contributed by atoms with E-state index >= 15 is 0 Å². The fraction of sp³-hybridized carbons (Fsp3) is 0.500. The largest absolute Gasteiger partial charge is 0.399 e. The first kappa shape index (κ1) is 62.9. The molecule has 0 spiro atoms. The van der Waals surface area contributed by atoms with Crippen LogP contribution < -0.4 is 52.8 Å². The van der Waals surface area contributed by atoms with E-state index in [2.05, 4.69) is 59.2 Å². The molecule has 3 aromatic rings. The number of hydrogen-bond donors (Lipinski definition) is 8. The van der Waals surface area contributed by atoms with Crippen LogP contribution in [0.15, 0.2) is 72.8 Å². The van der Waals surface area contributed by atoms with Gasteiger partial charge in [-0.05, 0) is 48.5 Å². The molecule has 16 nitrogen and oxygen atoms in total. The highest BCUT2D eigenvalue weighted by molar-refractivity contribution is 5.86. The van der Waals surface area contributed by atoms with Gasteiger partial charge in [0.25, 0.3) is 11.4 Å². The molecule has 3 aliphatic rings. The van der Waals surface area contributed by atoms with E-state index in [0.717, 1.165) is 153 Å². The van der Waals surface area contributed by atoms with E-state index in [1.165, 1.54) is 5.69 Å². The van der Waals surface area contributed by atoms with Gasteiger partial charge in [-0.2, -0.15) is 0 Å². The van der Waals surface area contributed by atoms with Gasteiger partial charge in [-0.15, -0.1) is 74.4 Å². The molecule has 0 amide bonds. The van der Waals surface area contributed by atoms with E-state index in [0.29, 0.717) is 0 Å². The molecule has 3 aromatic carbocycles. The molecular weight excluding hydrogens is 896 g/mol. The van der Waals surface area contributed by atoms with Crippen molar-refractivity contribution in [2.45, 2.75) is 0 Å². The van der Waals surface area contributed by atoms with Gasteiger partial charge in [-0.1, -0.05) is 0 Å². The standard InChI is InChI=1S/C12H18N4O2.C12H20N4.C6H4FNO2.C6H15N3.6ClH/c17-16(18)12-3-1-11(2-4-12)15-9-7-13-5-6-14-8-10-15;13-11-1-3-12(4-2-11)16-9-7-14-5-6-15-8-10-16;7-5-1-3-6(4-2-5)8(9)10;1-2-8-5-6-9-4-3-7-1;;;;;;/h1-4,13-14H,5-10H2;1-4,14-15H,5-10,13H2;1-4H;7-9H,1-6H2;6*1H. The molecule has 3 aliphatic heterocycles. The number of nitrogens with zero attached hydrogens (tertiary/aromatic N) is 4. The van der Waals surface area contributed by atoms with E-state index in [9.17, 15) is 24.6 Å². The minimum Gasteiger partial charge on any atom is -0.399 e. The summed E-state index contributed by atoms with van der Waals surface area (Å²) in [4.78, 5) is 24.3. The Morgan fingerprint density at radius 2 is 0.661 bits per heavy atom. The van der Waals surface area contributed by atoms with Crippen LogP contribution in [0.5, 0.6) is 0 Å². The topological polar surface area (TPSA) is 203 Å². The van der Waals surface area contributed by atoms with Crippen molar-refractivity contribution in [3.05, 3.63) is 98.8 Å². The summed E-state index contributed by atoms with van der Waals surface area (Å²) >= 11 is 0. The molecule has 3 heterocycles. The molecule has 9 N–H and O–H groups in total.